The van der Waals surface area contributed by atoms with E-state index in [1.807, 2.05) is 30.3 Å². The Balaban J connectivity index is 2.28. The van der Waals surface area contributed by atoms with E-state index < -0.39 is 6.09 Å². The average Bonchev–Trinajstić information content (AvgIpc) is 2.71. The highest BCUT2D eigenvalue weighted by Gasteiger charge is 2.37. The lowest BCUT2D eigenvalue weighted by molar-refractivity contribution is -0.128. The molecule has 1 saturated heterocycles. The zero-order chi connectivity index (χ0) is 11.5. The van der Waals surface area contributed by atoms with E-state index in [2.05, 4.69) is 0 Å². The number of hydrogen-bond donors (Lipinski definition) is 0. The topological polar surface area (TPSA) is 46.6 Å². The van der Waals surface area contributed by atoms with Crippen molar-refractivity contribution in [2.75, 3.05) is 6.61 Å². The molecule has 2 rings (SSSR count). The first kappa shape index (κ1) is 10.7. The first-order valence-electron chi connectivity index (χ1n) is 5.27. The van der Waals surface area contributed by atoms with Crippen LogP contribution in [0.25, 0.3) is 0 Å². The van der Waals surface area contributed by atoms with Crippen LogP contribution in [0.3, 0.4) is 0 Å². The van der Waals surface area contributed by atoms with Gasteiger partial charge in [-0.1, -0.05) is 37.3 Å². The van der Waals surface area contributed by atoms with Crippen molar-refractivity contribution in [1.82, 2.24) is 4.90 Å². The van der Waals surface area contributed by atoms with Crippen molar-refractivity contribution < 1.29 is 14.3 Å². The van der Waals surface area contributed by atoms with Crippen molar-refractivity contribution in [2.24, 2.45) is 0 Å². The van der Waals surface area contributed by atoms with Gasteiger partial charge in [-0.3, -0.25) is 4.79 Å². The van der Waals surface area contributed by atoms with Gasteiger partial charge in [0, 0.05) is 6.42 Å². The molecular formula is C12H13NO3. The Labute approximate surface area is 93.8 Å². The zero-order valence-corrected chi connectivity index (χ0v) is 9.05. The summed E-state index contributed by atoms with van der Waals surface area (Å²) in [4.78, 5) is 24.3. The molecule has 1 aromatic rings. The Morgan fingerprint density at radius 2 is 2.12 bits per heavy atom. The lowest BCUT2D eigenvalue weighted by Crippen LogP contribution is -2.33. The van der Waals surface area contributed by atoms with E-state index in [4.69, 9.17) is 4.74 Å². The minimum atomic E-state index is -0.541. The van der Waals surface area contributed by atoms with Crippen LogP contribution in [0.15, 0.2) is 30.3 Å². The SMILES string of the molecule is CCC(=O)N1C(=O)OC[C@@H]1c1ccccc1. The number of nitrogens with zero attached hydrogens (tertiary/aromatic N) is 1. The summed E-state index contributed by atoms with van der Waals surface area (Å²) >= 11 is 0. The van der Waals surface area contributed by atoms with Gasteiger partial charge >= 0.3 is 6.09 Å². The molecule has 0 aliphatic carbocycles. The van der Waals surface area contributed by atoms with Gasteiger partial charge in [-0.25, -0.2) is 9.69 Å². The average molecular weight is 219 g/mol. The maximum Gasteiger partial charge on any atom is 0.417 e. The van der Waals surface area contributed by atoms with Crippen LogP contribution in [0.5, 0.6) is 0 Å². The fourth-order valence-corrected chi connectivity index (χ4v) is 1.79. The van der Waals surface area contributed by atoms with Gasteiger partial charge in [0.25, 0.3) is 0 Å². The van der Waals surface area contributed by atoms with Crippen LogP contribution in [-0.2, 0) is 9.53 Å². The summed E-state index contributed by atoms with van der Waals surface area (Å²) in [5, 5.41) is 0. The highest BCUT2D eigenvalue weighted by molar-refractivity contribution is 5.93. The van der Waals surface area contributed by atoms with Gasteiger partial charge in [-0.2, -0.15) is 0 Å². The Bertz CT molecular complexity index is 402. The van der Waals surface area contributed by atoms with E-state index in [0.717, 1.165) is 5.56 Å². The third-order valence-electron chi connectivity index (χ3n) is 2.63. The molecule has 2 amide bonds. The van der Waals surface area contributed by atoms with E-state index in [1.54, 1.807) is 6.92 Å². The molecule has 1 fully saturated rings. The van der Waals surface area contributed by atoms with Crippen LogP contribution in [0.1, 0.15) is 24.9 Å². The van der Waals surface area contributed by atoms with Gasteiger partial charge in [-0.15, -0.1) is 0 Å². The van der Waals surface area contributed by atoms with E-state index in [-0.39, 0.29) is 18.6 Å². The summed E-state index contributed by atoms with van der Waals surface area (Å²) in [6.45, 7) is 1.98. The maximum absolute atomic E-state index is 11.6. The van der Waals surface area contributed by atoms with E-state index in [1.165, 1.54) is 4.90 Å². The highest BCUT2D eigenvalue weighted by Crippen LogP contribution is 2.27. The second kappa shape index (κ2) is 4.35. The number of rotatable bonds is 2. The quantitative estimate of drug-likeness (QED) is 0.765. The molecule has 1 aromatic carbocycles. The third kappa shape index (κ3) is 1.78. The van der Waals surface area contributed by atoms with Gasteiger partial charge in [0.1, 0.15) is 12.6 Å². The summed E-state index contributed by atoms with van der Waals surface area (Å²) in [6, 6.07) is 9.17. The third-order valence-corrected chi connectivity index (χ3v) is 2.63. The summed E-state index contributed by atoms with van der Waals surface area (Å²) in [5.74, 6) is -0.198. The largest absolute Gasteiger partial charge is 0.446 e. The smallest absolute Gasteiger partial charge is 0.417 e. The molecule has 1 aliphatic rings. The molecule has 16 heavy (non-hydrogen) atoms. The molecule has 0 radical (unpaired) electrons. The number of imide groups is 1. The fraction of sp³-hybridized carbons (Fsp3) is 0.333. The Hall–Kier alpha value is -1.84. The van der Waals surface area contributed by atoms with E-state index in [9.17, 15) is 9.59 Å². The van der Waals surface area contributed by atoms with Crippen LogP contribution in [0.2, 0.25) is 0 Å². The molecular weight excluding hydrogens is 206 g/mol. The minimum Gasteiger partial charge on any atom is -0.446 e. The van der Waals surface area contributed by atoms with Gasteiger partial charge in [0.2, 0.25) is 5.91 Å². The van der Waals surface area contributed by atoms with Crippen molar-refractivity contribution in [3.05, 3.63) is 35.9 Å². The van der Waals surface area contributed by atoms with Crippen molar-refractivity contribution in [3.8, 4) is 0 Å². The number of carbonyl (C=O) groups excluding carboxylic acids is 2. The first-order chi connectivity index (χ1) is 7.74. The van der Waals surface area contributed by atoms with Crippen molar-refractivity contribution >= 4 is 12.0 Å². The van der Waals surface area contributed by atoms with Gasteiger partial charge in [-0.05, 0) is 5.56 Å². The van der Waals surface area contributed by atoms with Crippen LogP contribution in [0, 0.1) is 0 Å². The predicted octanol–water partition coefficient (Wildman–Crippen LogP) is 2.12. The second-order valence-corrected chi connectivity index (χ2v) is 3.62. The van der Waals surface area contributed by atoms with Crippen LogP contribution in [0.4, 0.5) is 4.79 Å². The summed E-state index contributed by atoms with van der Waals surface area (Å²) in [5.41, 5.74) is 0.926. The number of carbonyl (C=O) groups is 2. The molecule has 4 nitrogen and oxygen atoms in total. The van der Waals surface area contributed by atoms with Gasteiger partial charge in [0.05, 0.1) is 0 Å². The van der Waals surface area contributed by atoms with Crippen molar-refractivity contribution in [1.29, 1.82) is 0 Å². The minimum absolute atomic E-state index is 0.198. The Morgan fingerprint density at radius 3 is 2.75 bits per heavy atom. The van der Waals surface area contributed by atoms with Crippen LogP contribution < -0.4 is 0 Å². The number of benzene rings is 1. The second-order valence-electron chi connectivity index (χ2n) is 3.62. The van der Waals surface area contributed by atoms with Gasteiger partial charge < -0.3 is 4.74 Å². The number of amides is 2. The molecule has 1 aliphatic heterocycles. The van der Waals surface area contributed by atoms with Crippen LogP contribution >= 0.6 is 0 Å². The molecule has 84 valence electrons. The molecule has 0 unspecified atom stereocenters. The monoisotopic (exact) mass is 219 g/mol. The van der Waals surface area contributed by atoms with Crippen molar-refractivity contribution in [2.45, 2.75) is 19.4 Å². The maximum atomic E-state index is 11.6. The van der Waals surface area contributed by atoms with E-state index in [0.29, 0.717) is 6.42 Å². The molecule has 0 spiro atoms. The fourth-order valence-electron chi connectivity index (χ4n) is 1.79. The van der Waals surface area contributed by atoms with E-state index >= 15 is 0 Å². The molecule has 0 aromatic heterocycles. The molecule has 1 atom stereocenters. The van der Waals surface area contributed by atoms with Gasteiger partial charge in [0.15, 0.2) is 0 Å². The standard InChI is InChI=1S/C12H13NO3/c1-2-11(14)13-10(8-16-12(13)15)9-6-4-3-5-7-9/h3-7,10H,2,8H2,1H3/t10-/m1/s1. The lowest BCUT2D eigenvalue weighted by Gasteiger charge is -2.18. The highest BCUT2D eigenvalue weighted by atomic mass is 16.6. The lowest BCUT2D eigenvalue weighted by atomic mass is 10.1. The predicted molar refractivity (Wildman–Crippen MR) is 57.7 cm³/mol. The number of cyclic esters (lactones) is 1. The Morgan fingerprint density at radius 1 is 1.44 bits per heavy atom. The zero-order valence-electron chi connectivity index (χ0n) is 9.05. The summed E-state index contributed by atoms with van der Waals surface area (Å²) in [6.07, 6.45) is -0.237. The first-order valence-corrected chi connectivity index (χ1v) is 5.27. The molecule has 0 bridgehead atoms. The normalized spacial score (nSPS) is 19.7. The van der Waals surface area contributed by atoms with Crippen molar-refractivity contribution in [3.63, 3.8) is 0 Å². The molecule has 1 heterocycles. The number of hydrogen-bond acceptors (Lipinski definition) is 3. The molecule has 0 N–H and O–H groups in total. The Kier molecular flexibility index (Phi) is 2.90. The summed E-state index contributed by atoms with van der Waals surface area (Å²) in [7, 11) is 0. The summed E-state index contributed by atoms with van der Waals surface area (Å²) < 4.78 is 4.92. The number of ether oxygens (including phenoxy) is 1. The van der Waals surface area contributed by atoms with Crippen LogP contribution in [-0.4, -0.2) is 23.5 Å². The molecule has 0 saturated carbocycles. The molecule has 4 heteroatoms.